The standard InChI is InChI=1S/C17H18N6O5S/c1-9-3-5-18-23(9)17-22-21-16(29-17)20-14(24)12-7-11(13(26-2)15(25)28-12)19-10-4-6-27-8-10/h3,5,7,10,19H,4,6,8H2,1-2H3,(H,20,21,24)/t10-/m0/s1. The van der Waals surface area contributed by atoms with Gasteiger partial charge in [-0.1, -0.05) is 11.3 Å². The van der Waals surface area contributed by atoms with Crippen molar-refractivity contribution in [3.8, 4) is 10.9 Å². The number of hydrogen-bond acceptors (Lipinski definition) is 10. The van der Waals surface area contributed by atoms with Gasteiger partial charge in [-0.3, -0.25) is 10.1 Å². The third-order valence-electron chi connectivity index (χ3n) is 4.27. The Hall–Kier alpha value is -3.25. The number of anilines is 2. The average molecular weight is 418 g/mol. The first kappa shape index (κ1) is 19.1. The number of amides is 1. The van der Waals surface area contributed by atoms with Gasteiger partial charge in [0.1, 0.15) is 0 Å². The Balaban J connectivity index is 1.55. The van der Waals surface area contributed by atoms with Gasteiger partial charge in [-0.15, -0.1) is 10.2 Å². The van der Waals surface area contributed by atoms with Crippen molar-refractivity contribution in [3.63, 3.8) is 0 Å². The summed E-state index contributed by atoms with van der Waals surface area (Å²) in [4.78, 5) is 24.8. The highest BCUT2D eigenvalue weighted by atomic mass is 32.1. The highest BCUT2D eigenvalue weighted by Gasteiger charge is 2.22. The van der Waals surface area contributed by atoms with Crippen LogP contribution in [0.25, 0.3) is 5.13 Å². The number of methoxy groups -OCH3 is 1. The lowest BCUT2D eigenvalue weighted by molar-refractivity contribution is 0.0991. The molecule has 0 radical (unpaired) electrons. The zero-order chi connectivity index (χ0) is 20.4. The number of hydrogen-bond donors (Lipinski definition) is 2. The number of nitrogens with one attached hydrogen (secondary N) is 2. The Morgan fingerprint density at radius 2 is 2.28 bits per heavy atom. The summed E-state index contributed by atoms with van der Waals surface area (Å²) in [6.07, 6.45) is 2.43. The highest BCUT2D eigenvalue weighted by Crippen LogP contribution is 2.25. The first-order chi connectivity index (χ1) is 14.0. The minimum Gasteiger partial charge on any atom is -0.488 e. The predicted octanol–water partition coefficient (Wildman–Crippen LogP) is 1.45. The second-order valence-electron chi connectivity index (χ2n) is 6.28. The van der Waals surface area contributed by atoms with Gasteiger partial charge >= 0.3 is 5.63 Å². The quantitative estimate of drug-likeness (QED) is 0.610. The molecule has 1 saturated heterocycles. The van der Waals surface area contributed by atoms with Gasteiger partial charge in [-0.2, -0.15) is 5.10 Å². The summed E-state index contributed by atoms with van der Waals surface area (Å²) in [5.41, 5.74) is 0.494. The van der Waals surface area contributed by atoms with Crippen molar-refractivity contribution in [2.24, 2.45) is 0 Å². The minimum absolute atomic E-state index is 0.000749. The molecule has 0 aromatic carbocycles. The fraction of sp³-hybridized carbons (Fsp3) is 0.353. The van der Waals surface area contributed by atoms with Crippen molar-refractivity contribution >= 4 is 28.1 Å². The van der Waals surface area contributed by atoms with Gasteiger partial charge in [0.05, 0.1) is 25.4 Å². The van der Waals surface area contributed by atoms with Crippen LogP contribution in [0.15, 0.2) is 27.5 Å². The van der Waals surface area contributed by atoms with Gasteiger partial charge in [0, 0.05) is 24.6 Å². The normalized spacial score (nSPS) is 16.0. The second kappa shape index (κ2) is 8.01. The van der Waals surface area contributed by atoms with Crippen LogP contribution < -0.4 is 21.0 Å². The molecule has 29 heavy (non-hydrogen) atoms. The van der Waals surface area contributed by atoms with E-state index in [4.69, 9.17) is 13.9 Å². The molecule has 4 rings (SSSR count). The van der Waals surface area contributed by atoms with E-state index in [0.717, 1.165) is 23.5 Å². The smallest absolute Gasteiger partial charge is 0.381 e. The van der Waals surface area contributed by atoms with E-state index >= 15 is 0 Å². The Morgan fingerprint density at radius 1 is 1.41 bits per heavy atom. The summed E-state index contributed by atoms with van der Waals surface area (Å²) >= 11 is 1.14. The van der Waals surface area contributed by atoms with Crippen LogP contribution in [-0.4, -0.2) is 52.3 Å². The fourth-order valence-corrected chi connectivity index (χ4v) is 3.60. The summed E-state index contributed by atoms with van der Waals surface area (Å²) in [6, 6.07) is 3.27. The number of carbonyl (C=O) groups excluding carboxylic acids is 1. The number of rotatable bonds is 6. The van der Waals surface area contributed by atoms with E-state index < -0.39 is 11.5 Å². The molecule has 4 heterocycles. The summed E-state index contributed by atoms with van der Waals surface area (Å²) < 4.78 is 17.2. The van der Waals surface area contributed by atoms with Gasteiger partial charge < -0.3 is 19.2 Å². The summed E-state index contributed by atoms with van der Waals surface area (Å²) in [6.45, 7) is 3.01. The first-order valence-electron chi connectivity index (χ1n) is 8.77. The molecule has 0 aliphatic carbocycles. The monoisotopic (exact) mass is 418 g/mol. The third kappa shape index (κ3) is 3.98. The van der Waals surface area contributed by atoms with Crippen LogP contribution in [0.1, 0.15) is 22.7 Å². The van der Waals surface area contributed by atoms with Gasteiger partial charge in [0.2, 0.25) is 16.0 Å². The predicted molar refractivity (Wildman–Crippen MR) is 104 cm³/mol. The van der Waals surface area contributed by atoms with E-state index in [0.29, 0.717) is 24.0 Å². The topological polar surface area (TPSA) is 133 Å². The molecule has 11 nitrogen and oxygen atoms in total. The fourth-order valence-electron chi connectivity index (χ4n) is 2.84. The van der Waals surface area contributed by atoms with Crippen molar-refractivity contribution in [2.75, 3.05) is 31.0 Å². The molecule has 1 fully saturated rings. The van der Waals surface area contributed by atoms with E-state index in [1.807, 2.05) is 13.0 Å². The number of ether oxygens (including phenoxy) is 2. The molecular formula is C17H18N6O5S. The molecule has 1 amide bonds. The molecule has 0 unspecified atom stereocenters. The Bertz CT molecular complexity index is 1080. The molecule has 0 spiro atoms. The van der Waals surface area contributed by atoms with Crippen LogP contribution in [0.3, 0.4) is 0 Å². The zero-order valence-electron chi connectivity index (χ0n) is 15.7. The van der Waals surface area contributed by atoms with Crippen molar-refractivity contribution in [3.05, 3.63) is 40.2 Å². The maximum atomic E-state index is 12.6. The molecule has 152 valence electrons. The molecule has 3 aromatic rings. The van der Waals surface area contributed by atoms with Crippen LogP contribution in [0, 0.1) is 6.92 Å². The van der Waals surface area contributed by atoms with Gasteiger partial charge in [0.15, 0.2) is 5.76 Å². The van der Waals surface area contributed by atoms with Crippen molar-refractivity contribution in [1.82, 2.24) is 20.0 Å². The van der Waals surface area contributed by atoms with Crippen LogP contribution in [0.5, 0.6) is 5.75 Å². The molecule has 2 N–H and O–H groups in total. The van der Waals surface area contributed by atoms with E-state index in [1.165, 1.54) is 13.2 Å². The number of aryl methyl sites for hydroxylation is 1. The van der Waals surface area contributed by atoms with Crippen LogP contribution >= 0.6 is 11.3 Å². The summed E-state index contributed by atoms with van der Waals surface area (Å²) in [5, 5.41) is 18.6. The van der Waals surface area contributed by atoms with Gasteiger partial charge in [-0.05, 0) is 19.4 Å². The number of carbonyl (C=O) groups is 1. The van der Waals surface area contributed by atoms with E-state index in [1.54, 1.807) is 10.9 Å². The number of aromatic nitrogens is 4. The molecule has 1 aliphatic rings. The highest BCUT2D eigenvalue weighted by molar-refractivity contribution is 7.17. The first-order valence-corrected chi connectivity index (χ1v) is 9.59. The average Bonchev–Trinajstić information content (AvgIpc) is 3.44. The van der Waals surface area contributed by atoms with Crippen molar-refractivity contribution in [1.29, 1.82) is 0 Å². The summed E-state index contributed by atoms with van der Waals surface area (Å²) in [5.74, 6) is -0.805. The molecule has 1 aliphatic heterocycles. The molecular weight excluding hydrogens is 400 g/mol. The molecule has 1 atom stereocenters. The van der Waals surface area contributed by atoms with Gasteiger partial charge in [0.25, 0.3) is 5.91 Å². The van der Waals surface area contributed by atoms with Crippen LogP contribution in [0.4, 0.5) is 10.8 Å². The van der Waals surface area contributed by atoms with Crippen molar-refractivity contribution in [2.45, 2.75) is 19.4 Å². The second-order valence-corrected chi connectivity index (χ2v) is 7.23. The van der Waals surface area contributed by atoms with E-state index in [9.17, 15) is 9.59 Å². The largest absolute Gasteiger partial charge is 0.488 e. The number of nitrogens with zero attached hydrogens (tertiary/aromatic N) is 4. The lowest BCUT2D eigenvalue weighted by Gasteiger charge is -2.15. The maximum Gasteiger partial charge on any atom is 0.381 e. The molecule has 3 aromatic heterocycles. The van der Waals surface area contributed by atoms with Crippen LogP contribution in [0.2, 0.25) is 0 Å². The van der Waals surface area contributed by atoms with Crippen LogP contribution in [-0.2, 0) is 4.74 Å². The maximum absolute atomic E-state index is 12.6. The molecule has 0 bridgehead atoms. The van der Waals surface area contributed by atoms with E-state index in [2.05, 4.69) is 25.9 Å². The summed E-state index contributed by atoms with van der Waals surface area (Å²) in [7, 11) is 1.36. The van der Waals surface area contributed by atoms with E-state index in [-0.39, 0.29) is 22.7 Å². The lowest BCUT2D eigenvalue weighted by atomic mass is 10.2. The zero-order valence-corrected chi connectivity index (χ0v) is 16.5. The molecule has 12 heteroatoms. The third-order valence-corrected chi connectivity index (χ3v) is 5.09. The lowest BCUT2D eigenvalue weighted by Crippen LogP contribution is -2.22. The Morgan fingerprint density at radius 3 is 2.97 bits per heavy atom. The van der Waals surface area contributed by atoms with Crippen molar-refractivity contribution < 1.29 is 18.7 Å². The SMILES string of the molecule is COc1c(N[C@H]2CCOC2)cc(C(=O)Nc2nnc(-n3nccc3C)s2)oc1=O. The minimum atomic E-state index is -0.758. The van der Waals surface area contributed by atoms with Gasteiger partial charge in [-0.25, -0.2) is 9.48 Å². The Labute approximate surface area is 168 Å². The Kier molecular flexibility index (Phi) is 5.27. The molecule has 0 saturated carbocycles.